The maximum Gasteiger partial charge on any atom is 0.153 e. The van der Waals surface area contributed by atoms with Gasteiger partial charge < -0.3 is 5.11 Å². The number of rotatable bonds is 3. The first-order chi connectivity index (χ1) is 11.6. The van der Waals surface area contributed by atoms with Crippen molar-refractivity contribution in [2.75, 3.05) is 0 Å². The molecule has 0 amide bonds. The number of imidazole rings is 1. The number of aryl methyl sites for hydroxylation is 1. The van der Waals surface area contributed by atoms with E-state index in [4.69, 9.17) is 5.10 Å². The van der Waals surface area contributed by atoms with Gasteiger partial charge in [-0.25, -0.2) is 9.50 Å². The largest absolute Gasteiger partial charge is 0.508 e. The Hall–Kier alpha value is -3.15. The molecule has 0 fully saturated rings. The fourth-order valence-corrected chi connectivity index (χ4v) is 2.83. The Kier molecular flexibility index (Phi) is 3.30. The molecule has 4 rings (SSSR count). The summed E-state index contributed by atoms with van der Waals surface area (Å²) in [7, 11) is 1.89. The molecule has 1 N–H and O–H groups in total. The minimum absolute atomic E-state index is 0.109. The van der Waals surface area contributed by atoms with Gasteiger partial charge in [-0.2, -0.15) is 10.2 Å². The van der Waals surface area contributed by atoms with Crippen LogP contribution in [-0.4, -0.2) is 29.5 Å². The summed E-state index contributed by atoms with van der Waals surface area (Å²) in [5.74, 6) is 0.373. The molecule has 24 heavy (non-hydrogen) atoms. The number of phenols is 1. The molecule has 0 bridgehead atoms. The van der Waals surface area contributed by atoms with Gasteiger partial charge in [0.05, 0.1) is 23.8 Å². The number of phenolic OH excluding ortho intramolecular Hbond substituents is 1. The summed E-state index contributed by atoms with van der Waals surface area (Å²) >= 11 is 0. The van der Waals surface area contributed by atoms with Gasteiger partial charge in [-0.15, -0.1) is 0 Å². The van der Waals surface area contributed by atoms with Crippen LogP contribution in [0, 0.1) is 0 Å². The molecular formula is C18H17N5O. The number of fused-ring (bicyclic) bond motifs is 1. The van der Waals surface area contributed by atoms with Crippen molar-refractivity contribution in [1.29, 1.82) is 0 Å². The third-order valence-electron chi connectivity index (χ3n) is 4.23. The lowest BCUT2D eigenvalue weighted by Crippen LogP contribution is -2.04. The second kappa shape index (κ2) is 5.49. The second-order valence-corrected chi connectivity index (χ2v) is 5.89. The van der Waals surface area contributed by atoms with Crippen LogP contribution >= 0.6 is 0 Å². The van der Waals surface area contributed by atoms with Gasteiger partial charge in [0.2, 0.25) is 0 Å². The van der Waals surface area contributed by atoms with Gasteiger partial charge >= 0.3 is 0 Å². The van der Waals surface area contributed by atoms with Crippen LogP contribution in [0.2, 0.25) is 0 Å². The molecule has 0 radical (unpaired) electrons. The molecule has 1 unspecified atom stereocenters. The predicted octanol–water partition coefficient (Wildman–Crippen LogP) is 2.99. The third kappa shape index (κ3) is 2.42. The van der Waals surface area contributed by atoms with Gasteiger partial charge in [-0.3, -0.25) is 4.68 Å². The van der Waals surface area contributed by atoms with Crippen molar-refractivity contribution in [3.05, 3.63) is 66.2 Å². The number of benzene rings is 1. The lowest BCUT2D eigenvalue weighted by Gasteiger charge is -2.11. The molecule has 3 aromatic heterocycles. The van der Waals surface area contributed by atoms with E-state index < -0.39 is 0 Å². The van der Waals surface area contributed by atoms with Crippen molar-refractivity contribution >= 4 is 5.65 Å². The van der Waals surface area contributed by atoms with E-state index in [9.17, 15) is 5.11 Å². The lowest BCUT2D eigenvalue weighted by molar-refractivity contribution is 0.475. The van der Waals surface area contributed by atoms with E-state index in [2.05, 4.69) is 17.0 Å². The molecule has 0 spiro atoms. The first-order valence-corrected chi connectivity index (χ1v) is 7.74. The molecule has 120 valence electrons. The van der Waals surface area contributed by atoms with Crippen LogP contribution in [0.3, 0.4) is 0 Å². The highest BCUT2D eigenvalue weighted by atomic mass is 16.3. The van der Waals surface area contributed by atoms with Gasteiger partial charge in [-0.1, -0.05) is 19.1 Å². The molecule has 4 aromatic rings. The van der Waals surface area contributed by atoms with E-state index in [0.717, 1.165) is 28.2 Å². The summed E-state index contributed by atoms with van der Waals surface area (Å²) in [6.07, 6.45) is 5.59. The Morgan fingerprint density at radius 2 is 1.83 bits per heavy atom. The fourth-order valence-electron chi connectivity index (χ4n) is 2.83. The molecule has 1 atom stereocenters. The topological polar surface area (TPSA) is 68.2 Å². The van der Waals surface area contributed by atoms with Crippen molar-refractivity contribution in [3.8, 4) is 17.0 Å². The lowest BCUT2D eigenvalue weighted by atomic mass is 9.98. The molecule has 0 aliphatic rings. The van der Waals surface area contributed by atoms with Crippen LogP contribution in [0.4, 0.5) is 0 Å². The SMILES string of the molecule is CC(c1ccc(O)cc1)c1cnc2ccc(-c3cnn(C)c3)nn12. The number of aromatic nitrogens is 5. The number of nitrogens with zero attached hydrogens (tertiary/aromatic N) is 5. The van der Waals surface area contributed by atoms with E-state index in [1.54, 1.807) is 23.0 Å². The number of aromatic hydroxyl groups is 1. The monoisotopic (exact) mass is 319 g/mol. The van der Waals surface area contributed by atoms with Crippen LogP contribution in [0.5, 0.6) is 5.75 Å². The normalized spacial score (nSPS) is 12.6. The van der Waals surface area contributed by atoms with Crippen molar-refractivity contribution < 1.29 is 5.11 Å². The first kappa shape index (κ1) is 14.4. The van der Waals surface area contributed by atoms with E-state index in [0.29, 0.717) is 0 Å². The van der Waals surface area contributed by atoms with Crippen LogP contribution in [-0.2, 0) is 7.05 Å². The molecule has 0 aliphatic carbocycles. The van der Waals surface area contributed by atoms with Gasteiger partial charge in [0.1, 0.15) is 5.75 Å². The van der Waals surface area contributed by atoms with Crippen LogP contribution in [0.15, 0.2) is 55.0 Å². The van der Waals surface area contributed by atoms with Gasteiger partial charge in [0.15, 0.2) is 5.65 Å². The van der Waals surface area contributed by atoms with Gasteiger partial charge in [0.25, 0.3) is 0 Å². The maximum absolute atomic E-state index is 9.47. The Bertz CT molecular complexity index is 1000. The van der Waals surface area contributed by atoms with Crippen molar-refractivity contribution in [3.63, 3.8) is 0 Å². The summed E-state index contributed by atoms with van der Waals surface area (Å²) in [5.41, 5.74) is 4.73. The molecule has 0 aliphatic heterocycles. The third-order valence-corrected chi connectivity index (χ3v) is 4.23. The maximum atomic E-state index is 9.47. The molecule has 0 saturated carbocycles. The molecule has 6 nitrogen and oxygen atoms in total. The van der Waals surface area contributed by atoms with Crippen LogP contribution in [0.25, 0.3) is 16.9 Å². The zero-order valence-corrected chi connectivity index (χ0v) is 13.5. The smallest absolute Gasteiger partial charge is 0.153 e. The summed E-state index contributed by atoms with van der Waals surface area (Å²) in [5, 5.41) is 18.4. The highest BCUT2D eigenvalue weighted by Gasteiger charge is 2.15. The molecule has 6 heteroatoms. The Morgan fingerprint density at radius 3 is 2.54 bits per heavy atom. The van der Waals surface area contributed by atoms with Gasteiger partial charge in [-0.05, 0) is 29.8 Å². The minimum atomic E-state index is 0.109. The quantitative estimate of drug-likeness (QED) is 0.630. The van der Waals surface area contributed by atoms with Crippen LogP contribution < -0.4 is 0 Å². The minimum Gasteiger partial charge on any atom is -0.508 e. The second-order valence-electron chi connectivity index (χ2n) is 5.89. The molecule has 1 aromatic carbocycles. The summed E-state index contributed by atoms with van der Waals surface area (Å²) in [6, 6.07) is 11.2. The van der Waals surface area contributed by atoms with Crippen molar-refractivity contribution in [2.24, 2.45) is 7.05 Å². The van der Waals surface area contributed by atoms with Crippen LogP contribution in [0.1, 0.15) is 24.1 Å². The highest BCUT2D eigenvalue weighted by molar-refractivity contribution is 5.58. The highest BCUT2D eigenvalue weighted by Crippen LogP contribution is 2.26. The van der Waals surface area contributed by atoms with Gasteiger partial charge in [0, 0.05) is 24.7 Å². The Balaban J connectivity index is 1.79. The molecule has 0 saturated heterocycles. The van der Waals surface area contributed by atoms with E-state index >= 15 is 0 Å². The first-order valence-electron chi connectivity index (χ1n) is 7.74. The zero-order valence-electron chi connectivity index (χ0n) is 13.5. The molecule has 3 heterocycles. The van der Waals surface area contributed by atoms with E-state index in [-0.39, 0.29) is 11.7 Å². The summed E-state index contributed by atoms with van der Waals surface area (Å²) in [6.45, 7) is 2.11. The average Bonchev–Trinajstić information content (AvgIpc) is 3.20. The predicted molar refractivity (Wildman–Crippen MR) is 90.8 cm³/mol. The zero-order chi connectivity index (χ0) is 16.7. The van der Waals surface area contributed by atoms with Crippen molar-refractivity contribution in [2.45, 2.75) is 12.8 Å². The average molecular weight is 319 g/mol. The summed E-state index contributed by atoms with van der Waals surface area (Å²) in [4.78, 5) is 4.45. The standard InChI is InChI=1S/C18H17N5O/c1-12(13-3-5-15(24)6-4-13)17-10-19-18-8-7-16(21-23(17)18)14-9-20-22(2)11-14/h3-12,24H,1-2H3. The number of hydrogen-bond donors (Lipinski definition) is 1. The Morgan fingerprint density at radius 1 is 1.04 bits per heavy atom. The number of hydrogen-bond acceptors (Lipinski definition) is 4. The van der Waals surface area contributed by atoms with E-state index in [1.165, 1.54) is 0 Å². The van der Waals surface area contributed by atoms with Crippen molar-refractivity contribution in [1.82, 2.24) is 24.4 Å². The molecular weight excluding hydrogens is 302 g/mol. The Labute approximate surface area is 139 Å². The summed E-state index contributed by atoms with van der Waals surface area (Å²) < 4.78 is 3.63. The fraction of sp³-hybridized carbons (Fsp3) is 0.167. The van der Waals surface area contributed by atoms with E-state index in [1.807, 2.05) is 48.2 Å².